The lowest BCUT2D eigenvalue weighted by atomic mass is 10.1. The van der Waals surface area contributed by atoms with Crippen LogP contribution in [0.1, 0.15) is 26.6 Å². The second-order valence-corrected chi connectivity index (χ2v) is 9.94. The summed E-state index contributed by atoms with van der Waals surface area (Å²) in [6, 6.07) is 22.3. The van der Waals surface area contributed by atoms with E-state index in [1.807, 2.05) is 12.1 Å². The fraction of sp³-hybridized carbons (Fsp3) is 0.0741. The second-order valence-electron chi connectivity index (χ2n) is 7.82. The van der Waals surface area contributed by atoms with Gasteiger partial charge < -0.3 is 13.9 Å². The topological polar surface area (TPSA) is 87.7 Å². The molecular weight excluding hydrogens is 466 g/mol. The summed E-state index contributed by atoms with van der Waals surface area (Å²) in [4.78, 5) is 27.4. The van der Waals surface area contributed by atoms with Crippen LogP contribution >= 0.6 is 0 Å². The highest BCUT2D eigenvalue weighted by Gasteiger charge is 2.33. The van der Waals surface area contributed by atoms with Gasteiger partial charge in [0.25, 0.3) is 0 Å². The van der Waals surface area contributed by atoms with Crippen LogP contribution < -0.4 is 4.74 Å². The Kier molecular flexibility index (Phi) is 5.45. The third-order valence-corrected chi connectivity index (χ3v) is 7.77. The van der Waals surface area contributed by atoms with Gasteiger partial charge in [-0.15, -0.1) is 0 Å². The first-order valence-corrected chi connectivity index (χ1v) is 12.3. The largest absolute Gasteiger partial charge is 0.497 e. The lowest BCUT2D eigenvalue weighted by molar-refractivity contribution is 0.0599. The fourth-order valence-electron chi connectivity index (χ4n) is 4.14. The van der Waals surface area contributed by atoms with E-state index < -0.39 is 21.5 Å². The van der Waals surface area contributed by atoms with E-state index in [0.29, 0.717) is 27.1 Å². The molecule has 0 aliphatic heterocycles. The summed E-state index contributed by atoms with van der Waals surface area (Å²) in [6.07, 6.45) is 0. The zero-order chi connectivity index (χ0) is 24.7. The van der Waals surface area contributed by atoms with Gasteiger partial charge >= 0.3 is 5.97 Å². The Morgan fingerprint density at radius 1 is 0.943 bits per heavy atom. The molecule has 0 aliphatic rings. The number of rotatable bonds is 6. The summed E-state index contributed by atoms with van der Waals surface area (Å²) in [5.74, 6) is 3.08. The number of carbonyl (C=O) groups excluding carboxylic acids is 2. The molecule has 0 fully saturated rings. The molecule has 5 rings (SSSR count). The number of hydrogen-bond acceptors (Lipinski definition) is 6. The number of hydrogen-bond donors (Lipinski definition) is 0. The number of esters is 1. The van der Waals surface area contributed by atoms with Crippen molar-refractivity contribution < 1.29 is 27.7 Å². The predicted octanol–water partition coefficient (Wildman–Crippen LogP) is 4.95. The van der Waals surface area contributed by atoms with Crippen molar-refractivity contribution in [3.05, 3.63) is 95.9 Å². The van der Waals surface area contributed by atoms with Crippen LogP contribution in [0.2, 0.25) is 0 Å². The Morgan fingerprint density at radius 2 is 1.66 bits per heavy atom. The molecule has 2 aromatic heterocycles. The molecule has 0 bridgehead atoms. The number of ether oxygens (including phenoxy) is 2. The van der Waals surface area contributed by atoms with Gasteiger partial charge in [-0.1, -0.05) is 36.4 Å². The Balaban J connectivity index is 1.90. The average molecular weight is 488 g/mol. The molecule has 0 aliphatic carbocycles. The number of ketones is 1. The lowest BCUT2D eigenvalue weighted by Gasteiger charge is -2.16. The highest BCUT2D eigenvalue weighted by Crippen LogP contribution is 2.35. The molecule has 35 heavy (non-hydrogen) atoms. The summed E-state index contributed by atoms with van der Waals surface area (Å²) in [6.45, 7) is 0. The van der Waals surface area contributed by atoms with Crippen LogP contribution in [0.3, 0.4) is 0 Å². The van der Waals surface area contributed by atoms with Crippen LogP contribution in [0.25, 0.3) is 21.9 Å². The predicted molar refractivity (Wildman–Crippen MR) is 135 cm³/mol. The van der Waals surface area contributed by atoms with Crippen LogP contribution in [0.5, 0.6) is 5.75 Å². The van der Waals surface area contributed by atoms with E-state index in [2.05, 4.69) is 5.87 Å². The molecule has 0 spiro atoms. The highest BCUT2D eigenvalue weighted by atomic mass is 32.2. The monoisotopic (exact) mass is 487 g/mol. The van der Waals surface area contributed by atoms with Gasteiger partial charge in [0, 0.05) is 15.7 Å². The summed E-state index contributed by atoms with van der Waals surface area (Å²) in [7, 11) is -0.601. The summed E-state index contributed by atoms with van der Waals surface area (Å²) < 4.78 is 31.8. The maximum atomic E-state index is 14.3. The van der Waals surface area contributed by atoms with Crippen LogP contribution in [-0.4, -0.2) is 40.0 Å². The van der Waals surface area contributed by atoms with Crippen molar-refractivity contribution >= 4 is 49.2 Å². The second kappa shape index (κ2) is 8.48. The summed E-state index contributed by atoms with van der Waals surface area (Å²) >= 11 is 0. The van der Waals surface area contributed by atoms with E-state index >= 15 is 0 Å². The number of para-hydroxylation sites is 1. The average Bonchev–Trinajstić information content (AvgIpc) is 3.47. The van der Waals surface area contributed by atoms with Crippen LogP contribution in [0.4, 0.5) is 0 Å². The zero-order valence-corrected chi connectivity index (χ0v) is 19.8. The number of aromatic nitrogens is 1. The van der Waals surface area contributed by atoms with Crippen LogP contribution in [-0.2, 0) is 14.4 Å². The first-order chi connectivity index (χ1) is 16.9. The number of furan rings is 1. The van der Waals surface area contributed by atoms with Crippen molar-refractivity contribution in [3.63, 3.8) is 0 Å². The van der Waals surface area contributed by atoms with Gasteiger partial charge in [0.1, 0.15) is 17.0 Å². The van der Waals surface area contributed by atoms with Gasteiger partial charge in [-0.25, -0.2) is 9.00 Å². The molecule has 0 saturated heterocycles. The Bertz CT molecular complexity index is 1680. The molecule has 1 atom stereocenters. The third kappa shape index (κ3) is 3.59. The van der Waals surface area contributed by atoms with Gasteiger partial charge in [-0.2, -0.15) is 0 Å². The van der Waals surface area contributed by atoms with E-state index in [1.54, 1.807) is 66.7 Å². The van der Waals surface area contributed by atoms with Crippen molar-refractivity contribution in [3.8, 4) is 5.75 Å². The minimum Gasteiger partial charge on any atom is -0.497 e. The Hall–Kier alpha value is -4.30. The van der Waals surface area contributed by atoms with E-state index in [9.17, 15) is 13.8 Å². The first-order valence-electron chi connectivity index (χ1n) is 10.6. The maximum absolute atomic E-state index is 14.3. The molecule has 0 saturated carbocycles. The zero-order valence-electron chi connectivity index (χ0n) is 19.0. The quantitative estimate of drug-likeness (QED) is 0.191. The number of benzene rings is 3. The molecule has 0 N–H and O–H groups in total. The van der Waals surface area contributed by atoms with E-state index in [0.717, 1.165) is 5.39 Å². The molecule has 2 heterocycles. The normalized spacial score (nSPS) is 13.0. The van der Waals surface area contributed by atoms with Crippen molar-refractivity contribution in [1.29, 1.82) is 0 Å². The number of nitrogens with zero attached hydrogens (tertiary/aromatic N) is 1. The molecule has 0 amide bonds. The fourth-order valence-corrected chi connectivity index (χ4v) is 5.88. The minimum absolute atomic E-state index is 0.00404. The SMILES string of the molecule is C=S(=O)(c1ccccc1)n1c(C(=O)c2cc3ccccc3o2)c(C(=O)OC)c2cc(OC)ccc21. The molecule has 176 valence electrons. The Labute approximate surface area is 201 Å². The van der Waals surface area contributed by atoms with Crippen LogP contribution in [0.15, 0.2) is 88.2 Å². The smallest absolute Gasteiger partial charge is 0.340 e. The van der Waals surface area contributed by atoms with Gasteiger partial charge in [0.15, 0.2) is 5.76 Å². The maximum Gasteiger partial charge on any atom is 0.340 e. The number of methoxy groups -OCH3 is 2. The van der Waals surface area contributed by atoms with Gasteiger partial charge in [0.2, 0.25) is 5.78 Å². The molecule has 8 heteroatoms. The van der Waals surface area contributed by atoms with E-state index in [1.165, 1.54) is 18.2 Å². The van der Waals surface area contributed by atoms with Gasteiger partial charge in [-0.3, -0.25) is 8.77 Å². The van der Waals surface area contributed by atoms with Gasteiger partial charge in [0.05, 0.1) is 35.0 Å². The lowest BCUT2D eigenvalue weighted by Crippen LogP contribution is -2.21. The summed E-state index contributed by atoms with van der Waals surface area (Å²) in [5.41, 5.74) is 0.704. The number of carbonyl (C=O) groups is 2. The van der Waals surface area contributed by atoms with Gasteiger partial charge in [-0.05, 0) is 48.3 Å². The van der Waals surface area contributed by atoms with Crippen molar-refractivity contribution in [2.75, 3.05) is 14.2 Å². The minimum atomic E-state index is -3.31. The van der Waals surface area contributed by atoms with Crippen LogP contribution in [0, 0.1) is 0 Å². The Morgan fingerprint density at radius 3 is 2.34 bits per heavy atom. The summed E-state index contributed by atoms with van der Waals surface area (Å²) in [5, 5.41) is 1.07. The van der Waals surface area contributed by atoms with Crippen molar-refractivity contribution in [2.24, 2.45) is 0 Å². The molecule has 7 nitrogen and oxygen atoms in total. The van der Waals surface area contributed by atoms with E-state index in [-0.39, 0.29) is 17.0 Å². The number of fused-ring (bicyclic) bond motifs is 2. The van der Waals surface area contributed by atoms with Crippen molar-refractivity contribution in [1.82, 2.24) is 3.97 Å². The molecule has 3 aromatic carbocycles. The third-order valence-electron chi connectivity index (χ3n) is 5.79. The first kappa shape index (κ1) is 22.5. The molecular formula is C27H21NO6S. The molecule has 5 aromatic rings. The standard InChI is InChI=1S/C27H21NO6S/c1-32-18-13-14-21-20(16-18)24(27(30)33-2)25(28(21)35(3,31)19-10-5-4-6-11-19)26(29)23-15-17-9-7-8-12-22(17)34-23/h4-16H,3H2,1-2H3. The van der Waals surface area contributed by atoms with Crippen molar-refractivity contribution in [2.45, 2.75) is 4.90 Å². The highest BCUT2D eigenvalue weighted by molar-refractivity contribution is 7.99. The van der Waals surface area contributed by atoms with E-state index in [4.69, 9.17) is 13.9 Å². The molecule has 0 radical (unpaired) electrons. The molecule has 1 unspecified atom stereocenters.